The van der Waals surface area contributed by atoms with Gasteiger partial charge in [0, 0.05) is 18.8 Å². The fraction of sp³-hybridized carbons (Fsp3) is 0.300. The molecule has 0 aliphatic rings. The van der Waals surface area contributed by atoms with Gasteiger partial charge in [0.05, 0.1) is 12.7 Å². The van der Waals surface area contributed by atoms with Gasteiger partial charge in [-0.2, -0.15) is 0 Å². The van der Waals surface area contributed by atoms with Crippen LogP contribution >= 0.6 is 0 Å². The number of nitrogens with two attached hydrogens (primary N) is 1. The van der Waals surface area contributed by atoms with E-state index >= 15 is 0 Å². The van der Waals surface area contributed by atoms with Gasteiger partial charge >= 0.3 is 5.97 Å². The quantitative estimate of drug-likeness (QED) is 0.697. The zero-order chi connectivity index (χ0) is 10.4. The number of hydrogen-bond donors (Lipinski definition) is 2. The van der Waals surface area contributed by atoms with E-state index in [1.165, 1.54) is 7.11 Å². The summed E-state index contributed by atoms with van der Waals surface area (Å²) in [5.74, 6) is -0.332. The molecule has 1 aromatic carbocycles. The van der Waals surface area contributed by atoms with E-state index in [1.807, 2.05) is 6.07 Å². The summed E-state index contributed by atoms with van der Waals surface area (Å²) in [6.45, 7) is 1.24. The molecular weight excluding hydrogens is 180 g/mol. The molecule has 0 unspecified atom stereocenters. The van der Waals surface area contributed by atoms with Crippen LogP contribution in [0.5, 0.6) is 0 Å². The molecule has 0 aromatic heterocycles. The lowest BCUT2D eigenvalue weighted by Crippen LogP contribution is -2.13. The van der Waals surface area contributed by atoms with Crippen molar-refractivity contribution in [1.82, 2.24) is 0 Å². The first-order valence-corrected chi connectivity index (χ1v) is 4.40. The zero-order valence-electron chi connectivity index (χ0n) is 8.12. The Hall–Kier alpha value is -1.55. The highest BCUT2D eigenvalue weighted by atomic mass is 16.5. The summed E-state index contributed by atoms with van der Waals surface area (Å²) in [4.78, 5) is 11.2. The van der Waals surface area contributed by atoms with E-state index in [-0.39, 0.29) is 5.97 Å². The summed E-state index contributed by atoms with van der Waals surface area (Å²) >= 11 is 0. The SMILES string of the molecule is COC(=O)c1cccc(NCCN)c1. The van der Waals surface area contributed by atoms with Crippen molar-refractivity contribution in [3.63, 3.8) is 0 Å². The Morgan fingerprint density at radius 1 is 1.57 bits per heavy atom. The molecule has 0 saturated heterocycles. The number of rotatable bonds is 4. The lowest BCUT2D eigenvalue weighted by Gasteiger charge is -2.05. The Kier molecular flexibility index (Phi) is 3.94. The molecule has 0 spiro atoms. The molecule has 0 saturated carbocycles. The van der Waals surface area contributed by atoms with Crippen LogP contribution in [-0.2, 0) is 4.74 Å². The van der Waals surface area contributed by atoms with E-state index in [2.05, 4.69) is 10.1 Å². The van der Waals surface area contributed by atoms with Crippen molar-refractivity contribution in [2.75, 3.05) is 25.5 Å². The number of nitrogens with one attached hydrogen (secondary N) is 1. The molecule has 4 heteroatoms. The van der Waals surface area contributed by atoms with Gasteiger partial charge in [0.1, 0.15) is 0 Å². The fourth-order valence-corrected chi connectivity index (χ4v) is 1.09. The van der Waals surface area contributed by atoms with E-state index in [4.69, 9.17) is 5.73 Å². The third-order valence-corrected chi connectivity index (χ3v) is 1.76. The third kappa shape index (κ3) is 2.74. The second-order valence-electron chi connectivity index (χ2n) is 2.79. The maximum Gasteiger partial charge on any atom is 0.337 e. The Bertz CT molecular complexity index is 313. The van der Waals surface area contributed by atoms with Gasteiger partial charge in [0.2, 0.25) is 0 Å². The van der Waals surface area contributed by atoms with Crippen LogP contribution in [0.25, 0.3) is 0 Å². The number of carbonyl (C=O) groups is 1. The minimum Gasteiger partial charge on any atom is -0.465 e. The van der Waals surface area contributed by atoms with Crippen LogP contribution in [0.2, 0.25) is 0 Å². The number of carbonyl (C=O) groups excluding carboxylic acids is 1. The van der Waals surface area contributed by atoms with Crippen molar-refractivity contribution in [3.8, 4) is 0 Å². The molecule has 0 radical (unpaired) electrons. The highest BCUT2D eigenvalue weighted by molar-refractivity contribution is 5.90. The van der Waals surface area contributed by atoms with Crippen LogP contribution in [0.15, 0.2) is 24.3 Å². The maximum absolute atomic E-state index is 11.2. The van der Waals surface area contributed by atoms with Gasteiger partial charge in [-0.1, -0.05) is 6.07 Å². The van der Waals surface area contributed by atoms with Crippen molar-refractivity contribution in [2.45, 2.75) is 0 Å². The average Bonchev–Trinajstić information content (AvgIpc) is 2.25. The number of esters is 1. The lowest BCUT2D eigenvalue weighted by atomic mass is 10.2. The molecule has 0 aliphatic heterocycles. The summed E-state index contributed by atoms with van der Waals surface area (Å²) < 4.78 is 4.60. The Labute approximate surface area is 83.1 Å². The molecule has 0 atom stereocenters. The summed E-state index contributed by atoms with van der Waals surface area (Å²) in [6.07, 6.45) is 0. The summed E-state index contributed by atoms with van der Waals surface area (Å²) in [6, 6.07) is 7.12. The molecule has 0 aliphatic carbocycles. The standard InChI is InChI=1S/C10H14N2O2/c1-14-10(13)8-3-2-4-9(7-8)12-6-5-11/h2-4,7,12H,5-6,11H2,1H3. The van der Waals surface area contributed by atoms with Crippen LogP contribution in [0.3, 0.4) is 0 Å². The highest BCUT2D eigenvalue weighted by Gasteiger charge is 2.04. The van der Waals surface area contributed by atoms with Gasteiger partial charge in [-0.05, 0) is 18.2 Å². The summed E-state index contributed by atoms with van der Waals surface area (Å²) in [5.41, 5.74) is 6.76. The monoisotopic (exact) mass is 194 g/mol. The summed E-state index contributed by atoms with van der Waals surface area (Å²) in [7, 11) is 1.36. The van der Waals surface area contributed by atoms with Gasteiger partial charge in [0.25, 0.3) is 0 Å². The largest absolute Gasteiger partial charge is 0.465 e. The number of ether oxygens (including phenoxy) is 1. The molecule has 1 rings (SSSR count). The minimum atomic E-state index is -0.332. The van der Waals surface area contributed by atoms with Crippen LogP contribution in [0.1, 0.15) is 10.4 Å². The average molecular weight is 194 g/mol. The predicted molar refractivity (Wildman–Crippen MR) is 55.3 cm³/mol. The van der Waals surface area contributed by atoms with E-state index in [0.29, 0.717) is 18.7 Å². The third-order valence-electron chi connectivity index (χ3n) is 1.76. The molecular formula is C10H14N2O2. The number of benzene rings is 1. The maximum atomic E-state index is 11.2. The lowest BCUT2D eigenvalue weighted by molar-refractivity contribution is 0.0601. The van der Waals surface area contributed by atoms with Gasteiger partial charge in [0.15, 0.2) is 0 Å². The zero-order valence-corrected chi connectivity index (χ0v) is 8.12. The van der Waals surface area contributed by atoms with E-state index in [0.717, 1.165) is 5.69 Å². The van der Waals surface area contributed by atoms with Gasteiger partial charge in [-0.3, -0.25) is 0 Å². The van der Waals surface area contributed by atoms with Gasteiger partial charge in [-0.15, -0.1) is 0 Å². The Morgan fingerprint density at radius 3 is 3.00 bits per heavy atom. The van der Waals surface area contributed by atoms with Crippen molar-refractivity contribution in [1.29, 1.82) is 0 Å². The molecule has 14 heavy (non-hydrogen) atoms. The summed E-state index contributed by atoms with van der Waals surface area (Å²) in [5, 5.41) is 3.08. The first kappa shape index (κ1) is 10.5. The van der Waals surface area contributed by atoms with Crippen molar-refractivity contribution in [3.05, 3.63) is 29.8 Å². The molecule has 0 bridgehead atoms. The highest BCUT2D eigenvalue weighted by Crippen LogP contribution is 2.10. The fourth-order valence-electron chi connectivity index (χ4n) is 1.09. The first-order chi connectivity index (χ1) is 6.77. The second kappa shape index (κ2) is 5.24. The topological polar surface area (TPSA) is 64.3 Å². The van der Waals surface area contributed by atoms with Crippen molar-refractivity contribution < 1.29 is 9.53 Å². The first-order valence-electron chi connectivity index (χ1n) is 4.40. The number of anilines is 1. The molecule has 0 fully saturated rings. The molecule has 0 heterocycles. The molecule has 4 nitrogen and oxygen atoms in total. The van der Waals surface area contributed by atoms with Gasteiger partial charge in [-0.25, -0.2) is 4.79 Å². The Morgan fingerprint density at radius 2 is 2.36 bits per heavy atom. The van der Waals surface area contributed by atoms with Crippen LogP contribution in [-0.4, -0.2) is 26.2 Å². The second-order valence-corrected chi connectivity index (χ2v) is 2.79. The van der Waals surface area contributed by atoms with E-state index < -0.39 is 0 Å². The van der Waals surface area contributed by atoms with Crippen molar-refractivity contribution >= 4 is 11.7 Å². The normalized spacial score (nSPS) is 9.57. The number of methoxy groups -OCH3 is 1. The van der Waals surface area contributed by atoms with Crippen LogP contribution < -0.4 is 11.1 Å². The molecule has 1 aromatic rings. The molecule has 76 valence electrons. The number of hydrogen-bond acceptors (Lipinski definition) is 4. The van der Waals surface area contributed by atoms with Crippen LogP contribution in [0.4, 0.5) is 5.69 Å². The Balaban J connectivity index is 2.73. The van der Waals surface area contributed by atoms with E-state index in [1.54, 1.807) is 18.2 Å². The smallest absolute Gasteiger partial charge is 0.337 e. The molecule has 3 N–H and O–H groups in total. The van der Waals surface area contributed by atoms with E-state index in [9.17, 15) is 4.79 Å². The predicted octanol–water partition coefficient (Wildman–Crippen LogP) is 0.844. The van der Waals surface area contributed by atoms with Gasteiger partial charge < -0.3 is 15.8 Å². The van der Waals surface area contributed by atoms with Crippen molar-refractivity contribution in [2.24, 2.45) is 5.73 Å². The minimum absolute atomic E-state index is 0.332. The molecule has 0 amide bonds. The van der Waals surface area contributed by atoms with Crippen LogP contribution in [0, 0.1) is 0 Å².